The van der Waals surface area contributed by atoms with Crippen LogP contribution in [0.4, 0.5) is 0 Å². The van der Waals surface area contributed by atoms with Crippen LogP contribution < -0.4 is 16.0 Å². The zero-order valence-electron chi connectivity index (χ0n) is 12.4. The predicted molar refractivity (Wildman–Crippen MR) is 74.8 cm³/mol. The number of carbonyl (C=O) groups excluding carboxylic acids is 2. The van der Waals surface area contributed by atoms with E-state index in [1.165, 1.54) is 0 Å². The topological polar surface area (TPSA) is 73.5 Å². The van der Waals surface area contributed by atoms with Gasteiger partial charge in [-0.15, -0.1) is 0 Å². The van der Waals surface area contributed by atoms with E-state index in [4.69, 9.17) is 0 Å². The maximum absolute atomic E-state index is 12.0. The fourth-order valence-corrected chi connectivity index (χ4v) is 2.00. The molecule has 19 heavy (non-hydrogen) atoms. The molecule has 1 heterocycles. The van der Waals surface area contributed by atoms with Crippen LogP contribution >= 0.6 is 0 Å². The summed E-state index contributed by atoms with van der Waals surface area (Å²) in [6, 6.07) is 0.209. The van der Waals surface area contributed by atoms with E-state index < -0.39 is 5.54 Å². The molecule has 0 saturated carbocycles. The number of hydrogen-bond donors (Lipinski definition) is 3. The largest absolute Gasteiger partial charge is 0.358 e. The number of piperidine rings is 1. The SMILES string of the molecule is CNC(=O)CN1CCC(NC(=O)C(C)(C)NC)CC1. The zero-order chi connectivity index (χ0) is 14.5. The molecule has 1 fully saturated rings. The highest BCUT2D eigenvalue weighted by molar-refractivity contribution is 5.85. The number of likely N-dealkylation sites (tertiary alicyclic amines) is 1. The first-order chi connectivity index (χ1) is 8.89. The summed E-state index contributed by atoms with van der Waals surface area (Å²) in [6.07, 6.45) is 1.78. The molecule has 2 amide bonds. The van der Waals surface area contributed by atoms with Crippen molar-refractivity contribution in [3.05, 3.63) is 0 Å². The second-order valence-electron chi connectivity index (χ2n) is 5.57. The second-order valence-corrected chi connectivity index (χ2v) is 5.57. The normalized spacial score (nSPS) is 18.1. The molecule has 0 aromatic rings. The third kappa shape index (κ3) is 4.80. The van der Waals surface area contributed by atoms with Crippen LogP contribution in [0.5, 0.6) is 0 Å². The summed E-state index contributed by atoms with van der Waals surface area (Å²) >= 11 is 0. The molecule has 110 valence electrons. The van der Waals surface area contributed by atoms with E-state index in [-0.39, 0.29) is 17.9 Å². The highest BCUT2D eigenvalue weighted by atomic mass is 16.2. The molecule has 1 saturated heterocycles. The van der Waals surface area contributed by atoms with Gasteiger partial charge >= 0.3 is 0 Å². The van der Waals surface area contributed by atoms with Gasteiger partial charge < -0.3 is 16.0 Å². The molecule has 0 aromatic heterocycles. The van der Waals surface area contributed by atoms with Gasteiger partial charge in [-0.2, -0.15) is 0 Å². The molecule has 0 aliphatic carbocycles. The van der Waals surface area contributed by atoms with Gasteiger partial charge in [-0.05, 0) is 33.7 Å². The molecule has 0 bridgehead atoms. The Balaban J connectivity index is 2.34. The molecule has 3 N–H and O–H groups in total. The van der Waals surface area contributed by atoms with Crippen LogP contribution in [0.3, 0.4) is 0 Å². The summed E-state index contributed by atoms with van der Waals surface area (Å²) < 4.78 is 0. The lowest BCUT2D eigenvalue weighted by atomic mass is 10.0. The van der Waals surface area contributed by atoms with Crippen molar-refractivity contribution in [2.75, 3.05) is 33.7 Å². The van der Waals surface area contributed by atoms with Crippen molar-refractivity contribution in [3.63, 3.8) is 0 Å². The molecular formula is C13H26N4O2. The summed E-state index contributed by atoms with van der Waals surface area (Å²) in [6.45, 7) is 5.86. The molecule has 0 atom stereocenters. The van der Waals surface area contributed by atoms with Crippen molar-refractivity contribution < 1.29 is 9.59 Å². The molecule has 1 rings (SSSR count). The number of carbonyl (C=O) groups is 2. The number of hydrogen-bond acceptors (Lipinski definition) is 4. The number of rotatable bonds is 5. The quantitative estimate of drug-likeness (QED) is 0.618. The fraction of sp³-hybridized carbons (Fsp3) is 0.846. The van der Waals surface area contributed by atoms with Gasteiger partial charge in [0.05, 0.1) is 12.1 Å². The number of nitrogens with zero attached hydrogens (tertiary/aromatic N) is 1. The van der Waals surface area contributed by atoms with Gasteiger partial charge in [0.2, 0.25) is 11.8 Å². The third-order valence-electron chi connectivity index (χ3n) is 3.76. The summed E-state index contributed by atoms with van der Waals surface area (Å²) in [7, 11) is 3.43. The van der Waals surface area contributed by atoms with Crippen LogP contribution in [-0.2, 0) is 9.59 Å². The van der Waals surface area contributed by atoms with Crippen molar-refractivity contribution >= 4 is 11.8 Å². The molecule has 1 aliphatic heterocycles. The lowest BCUT2D eigenvalue weighted by molar-refractivity contribution is -0.127. The van der Waals surface area contributed by atoms with Gasteiger partial charge in [0, 0.05) is 26.2 Å². The van der Waals surface area contributed by atoms with Crippen LogP contribution in [0.25, 0.3) is 0 Å². The Morgan fingerprint density at radius 1 is 1.21 bits per heavy atom. The number of amides is 2. The summed E-state index contributed by atoms with van der Waals surface area (Å²) in [5.74, 6) is 0.0681. The van der Waals surface area contributed by atoms with Crippen molar-refractivity contribution in [2.45, 2.75) is 38.3 Å². The molecule has 0 aromatic carbocycles. The van der Waals surface area contributed by atoms with E-state index in [0.717, 1.165) is 25.9 Å². The zero-order valence-corrected chi connectivity index (χ0v) is 12.4. The first-order valence-electron chi connectivity index (χ1n) is 6.82. The maximum atomic E-state index is 12.0. The average molecular weight is 270 g/mol. The number of likely N-dealkylation sites (N-methyl/N-ethyl adjacent to an activating group) is 2. The predicted octanol–water partition coefficient (Wildman–Crippen LogP) is -0.689. The van der Waals surface area contributed by atoms with Gasteiger partial charge in [0.25, 0.3) is 0 Å². The van der Waals surface area contributed by atoms with E-state index in [1.807, 2.05) is 13.8 Å². The standard InChI is InChI=1S/C13H26N4O2/c1-13(2,15-4)12(19)16-10-5-7-17(8-6-10)9-11(18)14-3/h10,15H,5-9H2,1-4H3,(H,14,18)(H,16,19). The Bertz CT molecular complexity index is 323. The fourth-order valence-electron chi connectivity index (χ4n) is 2.00. The Labute approximate surface area is 115 Å². The van der Waals surface area contributed by atoms with Crippen LogP contribution in [0, 0.1) is 0 Å². The van der Waals surface area contributed by atoms with Crippen LogP contribution in [0.1, 0.15) is 26.7 Å². The molecule has 0 radical (unpaired) electrons. The van der Waals surface area contributed by atoms with E-state index >= 15 is 0 Å². The van der Waals surface area contributed by atoms with Gasteiger partial charge in [0.15, 0.2) is 0 Å². The first-order valence-corrected chi connectivity index (χ1v) is 6.82. The lowest BCUT2D eigenvalue weighted by Crippen LogP contribution is -2.55. The monoisotopic (exact) mass is 270 g/mol. The van der Waals surface area contributed by atoms with Gasteiger partial charge in [-0.25, -0.2) is 0 Å². The molecular weight excluding hydrogens is 244 g/mol. The second kappa shape index (κ2) is 6.86. The number of nitrogens with one attached hydrogen (secondary N) is 3. The van der Waals surface area contributed by atoms with Crippen LogP contribution in [0.2, 0.25) is 0 Å². The first kappa shape index (κ1) is 15.9. The molecule has 0 spiro atoms. The Kier molecular flexibility index (Phi) is 5.75. The van der Waals surface area contributed by atoms with E-state index in [9.17, 15) is 9.59 Å². The minimum absolute atomic E-state index is 0.0275. The van der Waals surface area contributed by atoms with E-state index in [2.05, 4.69) is 20.9 Å². The summed E-state index contributed by atoms with van der Waals surface area (Å²) in [4.78, 5) is 25.4. The highest BCUT2D eigenvalue weighted by Crippen LogP contribution is 2.11. The highest BCUT2D eigenvalue weighted by Gasteiger charge is 2.29. The molecule has 1 aliphatic rings. The van der Waals surface area contributed by atoms with Gasteiger partial charge in [-0.1, -0.05) is 0 Å². The molecule has 6 nitrogen and oxygen atoms in total. The minimum atomic E-state index is -0.542. The Morgan fingerprint density at radius 2 is 1.79 bits per heavy atom. The van der Waals surface area contributed by atoms with Crippen molar-refractivity contribution in [3.8, 4) is 0 Å². The molecule has 6 heteroatoms. The van der Waals surface area contributed by atoms with E-state index in [1.54, 1.807) is 14.1 Å². The Morgan fingerprint density at radius 3 is 2.26 bits per heavy atom. The van der Waals surface area contributed by atoms with E-state index in [0.29, 0.717) is 6.54 Å². The molecule has 0 unspecified atom stereocenters. The summed E-state index contributed by atoms with van der Waals surface area (Å²) in [5.41, 5.74) is -0.542. The van der Waals surface area contributed by atoms with Crippen molar-refractivity contribution in [1.29, 1.82) is 0 Å². The lowest BCUT2D eigenvalue weighted by Gasteiger charge is -2.33. The van der Waals surface area contributed by atoms with Gasteiger partial charge in [-0.3, -0.25) is 14.5 Å². The van der Waals surface area contributed by atoms with Crippen LogP contribution in [-0.4, -0.2) is 62.0 Å². The minimum Gasteiger partial charge on any atom is -0.358 e. The van der Waals surface area contributed by atoms with Crippen molar-refractivity contribution in [1.82, 2.24) is 20.9 Å². The smallest absolute Gasteiger partial charge is 0.239 e. The maximum Gasteiger partial charge on any atom is 0.239 e. The third-order valence-corrected chi connectivity index (χ3v) is 3.76. The average Bonchev–Trinajstić information content (AvgIpc) is 2.40. The van der Waals surface area contributed by atoms with Crippen molar-refractivity contribution in [2.24, 2.45) is 0 Å². The van der Waals surface area contributed by atoms with Gasteiger partial charge in [0.1, 0.15) is 0 Å². The van der Waals surface area contributed by atoms with Crippen LogP contribution in [0.15, 0.2) is 0 Å². The Hall–Kier alpha value is -1.14. The summed E-state index contributed by atoms with van der Waals surface area (Å²) in [5, 5.41) is 8.69.